The fourth-order valence-electron chi connectivity index (χ4n) is 2.21. The summed E-state index contributed by atoms with van der Waals surface area (Å²) in [4.78, 5) is -0.411. The van der Waals surface area contributed by atoms with Gasteiger partial charge in [-0.2, -0.15) is 4.31 Å². The van der Waals surface area contributed by atoms with Crippen LogP contribution < -0.4 is 5.73 Å². The van der Waals surface area contributed by atoms with E-state index in [-0.39, 0.29) is 24.0 Å². The first-order valence-electron chi connectivity index (χ1n) is 6.07. The van der Waals surface area contributed by atoms with Gasteiger partial charge in [0.05, 0.1) is 4.99 Å². The van der Waals surface area contributed by atoms with Crippen LogP contribution in [0.3, 0.4) is 0 Å². The zero-order valence-corrected chi connectivity index (χ0v) is 12.2. The number of hydrogen-bond donors (Lipinski definition) is 1. The van der Waals surface area contributed by atoms with E-state index in [0.29, 0.717) is 18.9 Å². The van der Waals surface area contributed by atoms with Crippen molar-refractivity contribution in [2.75, 3.05) is 13.1 Å². The molecule has 0 saturated carbocycles. The SMILES string of the molecule is NC(=S)C1CCCN(S(=O)(=O)c2cc(F)ccc2F)C1. The van der Waals surface area contributed by atoms with E-state index in [2.05, 4.69) is 0 Å². The number of hydrogen-bond acceptors (Lipinski definition) is 3. The molecule has 1 atom stereocenters. The molecule has 8 heteroatoms. The van der Waals surface area contributed by atoms with Crippen LogP contribution in [0.25, 0.3) is 0 Å². The minimum absolute atomic E-state index is 0.105. The molecule has 1 aromatic carbocycles. The number of nitrogens with two attached hydrogens (primary N) is 1. The van der Waals surface area contributed by atoms with Gasteiger partial charge < -0.3 is 5.73 Å². The number of benzene rings is 1. The van der Waals surface area contributed by atoms with Crippen LogP contribution in [0.1, 0.15) is 12.8 Å². The predicted molar refractivity (Wildman–Crippen MR) is 74.6 cm³/mol. The van der Waals surface area contributed by atoms with Crippen LogP contribution in [0.2, 0.25) is 0 Å². The Hall–Kier alpha value is -1.12. The fraction of sp³-hybridized carbons (Fsp3) is 0.417. The standard InChI is InChI=1S/C12H14F2N2O2S2/c13-9-3-4-10(14)11(6-9)20(17,18)16-5-1-2-8(7-16)12(15)19/h3-4,6,8H,1-2,5,7H2,(H2,15,19). The maximum absolute atomic E-state index is 13.7. The lowest BCUT2D eigenvalue weighted by molar-refractivity contribution is 0.311. The third kappa shape index (κ3) is 2.97. The zero-order valence-electron chi connectivity index (χ0n) is 10.6. The molecule has 1 unspecified atom stereocenters. The predicted octanol–water partition coefficient (Wildman–Crippen LogP) is 1.65. The summed E-state index contributed by atoms with van der Waals surface area (Å²) in [7, 11) is -4.08. The van der Waals surface area contributed by atoms with Crippen LogP contribution in [0.4, 0.5) is 8.78 Å². The smallest absolute Gasteiger partial charge is 0.246 e. The summed E-state index contributed by atoms with van der Waals surface area (Å²) >= 11 is 4.88. The molecular formula is C12H14F2N2O2S2. The van der Waals surface area contributed by atoms with Gasteiger partial charge in [0, 0.05) is 19.0 Å². The van der Waals surface area contributed by atoms with Gasteiger partial charge in [-0.3, -0.25) is 0 Å². The average Bonchev–Trinajstić information content (AvgIpc) is 2.41. The van der Waals surface area contributed by atoms with Crippen molar-refractivity contribution in [1.29, 1.82) is 0 Å². The number of thiocarbonyl (C=S) groups is 1. The molecule has 4 nitrogen and oxygen atoms in total. The van der Waals surface area contributed by atoms with Gasteiger partial charge >= 0.3 is 0 Å². The van der Waals surface area contributed by atoms with Gasteiger partial charge in [-0.25, -0.2) is 17.2 Å². The second kappa shape index (κ2) is 5.71. The highest BCUT2D eigenvalue weighted by Gasteiger charge is 2.33. The highest BCUT2D eigenvalue weighted by Crippen LogP contribution is 2.26. The Morgan fingerprint density at radius 2 is 2.10 bits per heavy atom. The van der Waals surface area contributed by atoms with Gasteiger partial charge in [-0.05, 0) is 31.0 Å². The normalized spacial score (nSPS) is 20.8. The van der Waals surface area contributed by atoms with Gasteiger partial charge in [0.1, 0.15) is 16.5 Å². The van der Waals surface area contributed by atoms with Crippen molar-refractivity contribution in [2.24, 2.45) is 11.7 Å². The lowest BCUT2D eigenvalue weighted by Crippen LogP contribution is -2.43. The molecule has 1 saturated heterocycles. The van der Waals surface area contributed by atoms with E-state index in [1.807, 2.05) is 0 Å². The number of piperidine rings is 1. The van der Waals surface area contributed by atoms with E-state index in [0.717, 1.165) is 16.4 Å². The number of nitrogens with zero attached hydrogens (tertiary/aromatic N) is 1. The van der Waals surface area contributed by atoms with Crippen LogP contribution in [0.15, 0.2) is 23.1 Å². The van der Waals surface area contributed by atoms with Crippen molar-refractivity contribution in [3.63, 3.8) is 0 Å². The number of sulfonamides is 1. The molecule has 0 radical (unpaired) electrons. The van der Waals surface area contributed by atoms with Gasteiger partial charge in [-0.1, -0.05) is 12.2 Å². The molecule has 0 amide bonds. The molecule has 0 spiro atoms. The minimum atomic E-state index is -4.08. The van der Waals surface area contributed by atoms with Crippen molar-refractivity contribution >= 4 is 27.2 Å². The Bertz CT molecular complexity index is 634. The van der Waals surface area contributed by atoms with Gasteiger partial charge in [-0.15, -0.1) is 0 Å². The molecule has 0 aliphatic carbocycles. The van der Waals surface area contributed by atoms with Gasteiger partial charge in [0.2, 0.25) is 10.0 Å². The fourth-order valence-corrected chi connectivity index (χ4v) is 4.00. The minimum Gasteiger partial charge on any atom is -0.393 e. The van der Waals surface area contributed by atoms with Crippen LogP contribution in [0.5, 0.6) is 0 Å². The highest BCUT2D eigenvalue weighted by atomic mass is 32.2. The van der Waals surface area contributed by atoms with Crippen LogP contribution in [-0.4, -0.2) is 30.8 Å². The summed E-state index contributed by atoms with van der Waals surface area (Å²) in [5, 5.41) is 0. The maximum atomic E-state index is 13.7. The van der Waals surface area contributed by atoms with Gasteiger partial charge in [0.15, 0.2) is 0 Å². The molecule has 0 aromatic heterocycles. The Labute approximate surface area is 121 Å². The van der Waals surface area contributed by atoms with E-state index in [1.54, 1.807) is 0 Å². The lowest BCUT2D eigenvalue weighted by Gasteiger charge is -2.31. The van der Waals surface area contributed by atoms with E-state index in [9.17, 15) is 17.2 Å². The Balaban J connectivity index is 2.35. The van der Waals surface area contributed by atoms with E-state index in [1.165, 1.54) is 0 Å². The molecule has 20 heavy (non-hydrogen) atoms. The van der Waals surface area contributed by atoms with Crippen LogP contribution >= 0.6 is 12.2 Å². The summed E-state index contributed by atoms with van der Waals surface area (Å²) in [6.45, 7) is 0.352. The van der Waals surface area contributed by atoms with Crippen molar-refractivity contribution in [3.05, 3.63) is 29.8 Å². The maximum Gasteiger partial charge on any atom is 0.246 e. The van der Waals surface area contributed by atoms with Crippen LogP contribution in [-0.2, 0) is 10.0 Å². The summed E-state index contributed by atoms with van der Waals surface area (Å²) in [5.41, 5.74) is 5.54. The molecule has 2 rings (SSSR count). The molecule has 2 N–H and O–H groups in total. The van der Waals surface area contributed by atoms with E-state index >= 15 is 0 Å². The zero-order chi connectivity index (χ0) is 14.9. The summed E-state index contributed by atoms with van der Waals surface area (Å²) in [6, 6.07) is 2.37. The van der Waals surface area contributed by atoms with Crippen molar-refractivity contribution < 1.29 is 17.2 Å². The first kappa shape index (κ1) is 15.3. The largest absolute Gasteiger partial charge is 0.393 e. The van der Waals surface area contributed by atoms with E-state index < -0.39 is 26.6 Å². The van der Waals surface area contributed by atoms with E-state index in [4.69, 9.17) is 18.0 Å². The summed E-state index contributed by atoms with van der Waals surface area (Å²) in [5.74, 6) is -2.00. The van der Waals surface area contributed by atoms with Crippen molar-refractivity contribution in [2.45, 2.75) is 17.7 Å². The summed E-state index contributed by atoms with van der Waals surface area (Å²) in [6.07, 6.45) is 1.28. The third-order valence-electron chi connectivity index (χ3n) is 3.30. The second-order valence-corrected chi connectivity index (χ2v) is 7.06. The van der Waals surface area contributed by atoms with Crippen molar-refractivity contribution in [1.82, 2.24) is 4.31 Å². The first-order chi connectivity index (χ1) is 9.32. The topological polar surface area (TPSA) is 63.4 Å². The number of rotatable bonds is 3. The third-order valence-corrected chi connectivity index (χ3v) is 5.51. The quantitative estimate of drug-likeness (QED) is 0.860. The molecule has 1 aromatic rings. The average molecular weight is 320 g/mol. The van der Waals surface area contributed by atoms with Crippen LogP contribution in [0, 0.1) is 17.6 Å². The number of halogens is 2. The Morgan fingerprint density at radius 1 is 1.40 bits per heavy atom. The molecule has 1 aliphatic rings. The molecule has 0 bridgehead atoms. The summed E-state index contributed by atoms with van der Waals surface area (Å²) < 4.78 is 52.6. The Morgan fingerprint density at radius 3 is 2.75 bits per heavy atom. The van der Waals surface area contributed by atoms with Gasteiger partial charge in [0.25, 0.3) is 0 Å². The molecule has 110 valence electrons. The Kier molecular flexibility index (Phi) is 4.36. The second-order valence-electron chi connectivity index (χ2n) is 4.68. The molecule has 1 aliphatic heterocycles. The monoisotopic (exact) mass is 320 g/mol. The molecule has 1 fully saturated rings. The lowest BCUT2D eigenvalue weighted by atomic mass is 10.0. The molecular weight excluding hydrogens is 306 g/mol. The van der Waals surface area contributed by atoms with Crippen molar-refractivity contribution in [3.8, 4) is 0 Å². The highest BCUT2D eigenvalue weighted by molar-refractivity contribution is 7.89. The molecule has 1 heterocycles. The first-order valence-corrected chi connectivity index (χ1v) is 7.91.